The van der Waals surface area contributed by atoms with Crippen molar-refractivity contribution in [2.75, 3.05) is 31.6 Å². The Balaban J connectivity index is 4.35. The normalized spacial score (nSPS) is 13.1. The largest absolute Gasteiger partial charge is 0.460 e. The van der Waals surface area contributed by atoms with Crippen LogP contribution in [0.25, 0.3) is 0 Å². The van der Waals surface area contributed by atoms with Gasteiger partial charge in [0.15, 0.2) is 0 Å². The van der Waals surface area contributed by atoms with Gasteiger partial charge in [-0.2, -0.15) is 0 Å². The molecule has 0 radical (unpaired) electrons. The van der Waals surface area contributed by atoms with Gasteiger partial charge in [-0.3, -0.25) is 9.00 Å². The minimum atomic E-state index is -1.07. The Morgan fingerprint density at radius 1 is 1.44 bits per heavy atom. The molecule has 0 aliphatic rings. The second-order valence-electron chi connectivity index (χ2n) is 2.59. The predicted octanol–water partition coefficient (Wildman–Crippen LogP) is -0.282. The summed E-state index contributed by atoms with van der Waals surface area (Å²) in [6, 6.07) is 0. The predicted molar refractivity (Wildman–Crippen MR) is 60.1 cm³/mol. The Morgan fingerprint density at radius 2 is 2.06 bits per heavy atom. The molecule has 0 aromatic rings. The van der Waals surface area contributed by atoms with Gasteiger partial charge in [0, 0.05) is 17.1 Å². The van der Waals surface area contributed by atoms with Crippen molar-refractivity contribution in [2.24, 2.45) is 5.16 Å². The number of hydrogen-bond acceptors (Lipinski definition) is 6. The van der Waals surface area contributed by atoms with E-state index < -0.39 is 34.1 Å². The summed E-state index contributed by atoms with van der Waals surface area (Å²) in [5.41, 5.74) is -0.501. The zero-order valence-electron chi connectivity index (χ0n) is 8.90. The average Bonchev–Trinajstić information content (AvgIpc) is 2.24. The number of hydrogen-bond donors (Lipinski definition) is 0. The fourth-order valence-electron chi connectivity index (χ4n) is 0.677. The highest BCUT2D eigenvalue weighted by Gasteiger charge is 2.22. The highest BCUT2D eigenvalue weighted by Crippen LogP contribution is 1.92. The summed E-state index contributed by atoms with van der Waals surface area (Å²) in [5, 5.41) is 3.22. The summed E-state index contributed by atoms with van der Waals surface area (Å²) in [7, 11) is 0.120. The number of halogens is 1. The number of Topliss-reactive ketones (excluding diaryl/α,β-unsaturated/α-hetero) is 1. The van der Waals surface area contributed by atoms with Crippen LogP contribution >= 0.6 is 11.6 Å². The van der Waals surface area contributed by atoms with E-state index in [0.29, 0.717) is 0 Å². The smallest absolute Gasteiger partial charge is 0.364 e. The van der Waals surface area contributed by atoms with Gasteiger partial charge < -0.3 is 9.57 Å². The first-order chi connectivity index (χ1) is 7.52. The van der Waals surface area contributed by atoms with E-state index in [1.54, 1.807) is 0 Å². The molecule has 1 unspecified atom stereocenters. The highest BCUT2D eigenvalue weighted by molar-refractivity contribution is 7.84. The third-order valence-corrected chi connectivity index (χ3v) is 2.35. The number of nitrogens with zero attached hydrogens (tertiary/aromatic N) is 1. The molecule has 8 heteroatoms. The highest BCUT2D eigenvalue weighted by atomic mass is 35.5. The third-order valence-electron chi connectivity index (χ3n) is 1.37. The Morgan fingerprint density at radius 3 is 2.50 bits per heavy atom. The van der Waals surface area contributed by atoms with Gasteiger partial charge in [-0.25, -0.2) is 4.79 Å². The number of esters is 1. The summed E-state index contributed by atoms with van der Waals surface area (Å²) in [5.74, 6) is -1.82. The number of carbonyl (C=O) groups excluding carboxylic acids is 2. The lowest BCUT2D eigenvalue weighted by Crippen LogP contribution is -2.28. The maximum absolute atomic E-state index is 11.3. The third kappa shape index (κ3) is 5.82. The molecule has 0 fully saturated rings. The van der Waals surface area contributed by atoms with Gasteiger partial charge in [0.25, 0.3) is 0 Å². The topological polar surface area (TPSA) is 82.0 Å². The van der Waals surface area contributed by atoms with Gasteiger partial charge in [-0.15, -0.1) is 11.6 Å². The van der Waals surface area contributed by atoms with Crippen LogP contribution in [0.5, 0.6) is 0 Å². The molecule has 92 valence electrons. The Labute approximate surface area is 100 Å². The fourth-order valence-corrected chi connectivity index (χ4v) is 1.12. The van der Waals surface area contributed by atoms with Crippen molar-refractivity contribution in [2.45, 2.75) is 0 Å². The van der Waals surface area contributed by atoms with Crippen LogP contribution in [0.2, 0.25) is 0 Å². The van der Waals surface area contributed by atoms with Crippen LogP contribution in [0.4, 0.5) is 0 Å². The number of alkyl halides is 1. The van der Waals surface area contributed by atoms with E-state index in [0.717, 1.165) is 0 Å². The lowest BCUT2D eigenvalue weighted by molar-refractivity contribution is -0.135. The van der Waals surface area contributed by atoms with Crippen LogP contribution in [0.1, 0.15) is 0 Å². The minimum absolute atomic E-state index is 0.0553. The van der Waals surface area contributed by atoms with Crippen LogP contribution in [0, 0.1) is 0 Å². The number of oxime groups is 1. The molecule has 0 aromatic heterocycles. The fraction of sp³-hybridized carbons (Fsp3) is 0.625. The van der Waals surface area contributed by atoms with E-state index in [-0.39, 0.29) is 12.4 Å². The second-order valence-corrected chi connectivity index (χ2v) is 4.41. The van der Waals surface area contributed by atoms with Crippen LogP contribution in [-0.2, 0) is 30.0 Å². The summed E-state index contributed by atoms with van der Waals surface area (Å²) >= 11 is 5.27. The van der Waals surface area contributed by atoms with Crippen molar-refractivity contribution in [3.8, 4) is 0 Å². The van der Waals surface area contributed by atoms with E-state index in [4.69, 9.17) is 11.6 Å². The van der Waals surface area contributed by atoms with Gasteiger partial charge in [-0.1, -0.05) is 5.16 Å². The molecule has 0 N–H and O–H groups in total. The van der Waals surface area contributed by atoms with Gasteiger partial charge in [-0.05, 0) is 0 Å². The van der Waals surface area contributed by atoms with Crippen LogP contribution < -0.4 is 0 Å². The maximum Gasteiger partial charge on any atom is 0.364 e. The van der Waals surface area contributed by atoms with Crippen molar-refractivity contribution in [1.82, 2.24) is 0 Å². The lowest BCUT2D eigenvalue weighted by atomic mass is 10.3. The molecule has 0 saturated heterocycles. The molecule has 0 rings (SSSR count). The summed E-state index contributed by atoms with van der Waals surface area (Å²) in [4.78, 5) is 26.8. The van der Waals surface area contributed by atoms with Crippen molar-refractivity contribution < 1.29 is 23.4 Å². The number of rotatable bonds is 7. The molecule has 0 aliphatic carbocycles. The molecule has 16 heavy (non-hydrogen) atoms. The quantitative estimate of drug-likeness (QED) is 0.209. The Hall–Kier alpha value is -0.950. The van der Waals surface area contributed by atoms with E-state index in [2.05, 4.69) is 14.7 Å². The standard InChI is InChI=1S/C8H12ClNO5S/c1-14-10-7(6(11)5-9)8(12)15-3-4-16(2)13/h3-5H2,1-2H3. The molecule has 0 heterocycles. The number of ketones is 1. The minimum Gasteiger partial charge on any atom is -0.460 e. The van der Waals surface area contributed by atoms with E-state index in [1.165, 1.54) is 13.4 Å². The molecule has 0 spiro atoms. The van der Waals surface area contributed by atoms with Crippen molar-refractivity contribution in [1.29, 1.82) is 0 Å². The van der Waals surface area contributed by atoms with Gasteiger partial charge in [0.2, 0.25) is 11.5 Å². The Bertz CT molecular complexity index is 318. The SMILES string of the molecule is CON=C(C(=O)CCl)C(=O)OCCS(C)=O. The number of carbonyl (C=O) groups is 2. The van der Waals surface area contributed by atoms with E-state index >= 15 is 0 Å². The first-order valence-electron chi connectivity index (χ1n) is 4.20. The first-order valence-corrected chi connectivity index (χ1v) is 6.46. The van der Waals surface area contributed by atoms with Crippen LogP contribution in [0.15, 0.2) is 5.16 Å². The maximum atomic E-state index is 11.3. The molecule has 0 aliphatic heterocycles. The summed E-state index contributed by atoms with van der Waals surface area (Å²) < 4.78 is 15.4. The van der Waals surface area contributed by atoms with Crippen molar-refractivity contribution in [3.63, 3.8) is 0 Å². The van der Waals surface area contributed by atoms with Gasteiger partial charge in [0.05, 0.1) is 11.6 Å². The van der Waals surface area contributed by atoms with Gasteiger partial charge >= 0.3 is 5.97 Å². The van der Waals surface area contributed by atoms with Crippen LogP contribution in [-0.4, -0.2) is 53.3 Å². The summed E-state index contributed by atoms with van der Waals surface area (Å²) in [6.45, 7) is -0.0553. The first kappa shape index (κ1) is 15.0. The molecule has 6 nitrogen and oxygen atoms in total. The lowest BCUT2D eigenvalue weighted by Gasteiger charge is -2.03. The molecule has 1 atom stereocenters. The zero-order chi connectivity index (χ0) is 12.6. The molecular weight excluding hydrogens is 258 g/mol. The molecular formula is C8H12ClNO5S. The van der Waals surface area contributed by atoms with Gasteiger partial charge in [0.1, 0.15) is 13.7 Å². The molecule has 0 amide bonds. The van der Waals surface area contributed by atoms with Crippen LogP contribution in [0.3, 0.4) is 0 Å². The van der Waals surface area contributed by atoms with E-state index in [9.17, 15) is 13.8 Å². The average molecular weight is 270 g/mol. The molecule has 0 bridgehead atoms. The number of ether oxygens (including phenoxy) is 1. The monoisotopic (exact) mass is 269 g/mol. The van der Waals surface area contributed by atoms with E-state index in [1.807, 2.05) is 0 Å². The summed E-state index contributed by atoms with van der Waals surface area (Å²) in [6.07, 6.45) is 1.47. The molecule has 0 saturated carbocycles. The van der Waals surface area contributed by atoms with Crippen molar-refractivity contribution >= 4 is 39.9 Å². The van der Waals surface area contributed by atoms with Crippen molar-refractivity contribution in [3.05, 3.63) is 0 Å². The molecule has 0 aromatic carbocycles. The zero-order valence-corrected chi connectivity index (χ0v) is 10.5. The Kier molecular flexibility index (Phi) is 7.74. The second kappa shape index (κ2) is 8.23.